The highest BCUT2D eigenvalue weighted by Crippen LogP contribution is 2.10. The van der Waals surface area contributed by atoms with Gasteiger partial charge < -0.3 is 10.3 Å². The van der Waals surface area contributed by atoms with Gasteiger partial charge in [-0.25, -0.2) is 18.1 Å². The quantitative estimate of drug-likeness (QED) is 0.670. The van der Waals surface area contributed by atoms with Crippen LogP contribution in [0.4, 0.5) is 0 Å². The van der Waals surface area contributed by atoms with Crippen LogP contribution >= 0.6 is 0 Å². The third-order valence-electron chi connectivity index (χ3n) is 3.14. The summed E-state index contributed by atoms with van der Waals surface area (Å²) in [6.07, 6.45) is 4.72. The zero-order chi connectivity index (χ0) is 15.1. The first kappa shape index (κ1) is 15.7. The molecular weight excluding hydrogens is 288 g/mol. The fourth-order valence-corrected chi connectivity index (χ4v) is 2.96. The molecule has 0 radical (unpaired) electrons. The standard InChI is InChI=1S/C14H20N4O2S/c1-15-8-6-12-2-4-14(5-3-12)21(19,20)18-9-7-13-10-16-11-17-13/h2-5,10-11,15,18H,6-9H2,1H3,(H,16,17). The summed E-state index contributed by atoms with van der Waals surface area (Å²) >= 11 is 0. The van der Waals surface area contributed by atoms with Gasteiger partial charge in [0.1, 0.15) is 0 Å². The third kappa shape index (κ3) is 4.66. The first-order valence-electron chi connectivity index (χ1n) is 6.82. The number of hydrogen-bond acceptors (Lipinski definition) is 4. The number of rotatable bonds is 8. The Morgan fingerprint density at radius 1 is 1.14 bits per heavy atom. The highest BCUT2D eigenvalue weighted by molar-refractivity contribution is 7.89. The number of sulfonamides is 1. The second kappa shape index (κ2) is 7.35. The van der Waals surface area contributed by atoms with Gasteiger partial charge in [0.2, 0.25) is 10.0 Å². The molecule has 0 saturated heterocycles. The molecule has 1 aromatic carbocycles. The van der Waals surface area contributed by atoms with Gasteiger partial charge in [-0.15, -0.1) is 0 Å². The molecule has 2 aromatic rings. The van der Waals surface area contributed by atoms with Crippen LogP contribution in [0.25, 0.3) is 0 Å². The molecule has 0 atom stereocenters. The Bertz CT molecular complexity index is 636. The van der Waals surface area contributed by atoms with E-state index in [2.05, 4.69) is 20.0 Å². The van der Waals surface area contributed by atoms with E-state index in [1.54, 1.807) is 24.7 Å². The van der Waals surface area contributed by atoms with Gasteiger partial charge in [0.25, 0.3) is 0 Å². The van der Waals surface area contributed by atoms with Gasteiger partial charge >= 0.3 is 0 Å². The molecule has 6 nitrogen and oxygen atoms in total. The van der Waals surface area contributed by atoms with Crippen LogP contribution in [-0.2, 0) is 22.9 Å². The van der Waals surface area contributed by atoms with E-state index in [0.717, 1.165) is 24.2 Å². The molecule has 0 bridgehead atoms. The van der Waals surface area contributed by atoms with Crippen molar-refractivity contribution in [3.63, 3.8) is 0 Å². The zero-order valence-corrected chi connectivity index (χ0v) is 12.8. The molecule has 0 aliphatic heterocycles. The van der Waals surface area contributed by atoms with E-state index >= 15 is 0 Å². The van der Waals surface area contributed by atoms with E-state index in [9.17, 15) is 8.42 Å². The number of H-pyrrole nitrogens is 1. The molecule has 114 valence electrons. The number of nitrogens with zero attached hydrogens (tertiary/aromatic N) is 1. The minimum Gasteiger partial charge on any atom is -0.348 e. The number of hydrogen-bond donors (Lipinski definition) is 3. The summed E-state index contributed by atoms with van der Waals surface area (Å²) in [6.45, 7) is 1.21. The molecule has 21 heavy (non-hydrogen) atoms. The molecule has 0 aliphatic carbocycles. The maximum absolute atomic E-state index is 12.1. The number of nitrogens with one attached hydrogen (secondary N) is 3. The maximum atomic E-state index is 12.1. The van der Waals surface area contributed by atoms with Gasteiger partial charge in [-0.2, -0.15) is 0 Å². The molecule has 0 spiro atoms. The summed E-state index contributed by atoms with van der Waals surface area (Å²) in [5, 5.41) is 3.06. The highest BCUT2D eigenvalue weighted by atomic mass is 32.2. The summed E-state index contributed by atoms with van der Waals surface area (Å²) < 4.78 is 26.9. The van der Waals surface area contributed by atoms with Gasteiger partial charge in [0.15, 0.2) is 0 Å². The normalized spacial score (nSPS) is 11.7. The van der Waals surface area contributed by atoms with Crippen LogP contribution in [-0.4, -0.2) is 38.5 Å². The Morgan fingerprint density at radius 2 is 1.90 bits per heavy atom. The van der Waals surface area contributed by atoms with Crippen molar-refractivity contribution < 1.29 is 8.42 Å². The van der Waals surface area contributed by atoms with Crippen LogP contribution in [0.1, 0.15) is 11.3 Å². The van der Waals surface area contributed by atoms with Crippen molar-refractivity contribution in [2.75, 3.05) is 20.1 Å². The van der Waals surface area contributed by atoms with Crippen LogP contribution in [0.3, 0.4) is 0 Å². The van der Waals surface area contributed by atoms with Gasteiger partial charge in [-0.1, -0.05) is 12.1 Å². The zero-order valence-electron chi connectivity index (χ0n) is 12.0. The van der Waals surface area contributed by atoms with Crippen molar-refractivity contribution in [1.82, 2.24) is 20.0 Å². The first-order chi connectivity index (χ1) is 10.1. The van der Waals surface area contributed by atoms with E-state index in [-0.39, 0.29) is 0 Å². The van der Waals surface area contributed by atoms with E-state index in [4.69, 9.17) is 0 Å². The second-order valence-electron chi connectivity index (χ2n) is 4.72. The summed E-state index contributed by atoms with van der Waals surface area (Å²) in [7, 11) is -1.56. The van der Waals surface area contributed by atoms with Crippen LogP contribution in [0.2, 0.25) is 0 Å². The molecule has 0 fully saturated rings. The van der Waals surface area contributed by atoms with E-state index in [0.29, 0.717) is 17.9 Å². The van der Waals surface area contributed by atoms with E-state index < -0.39 is 10.0 Å². The average Bonchev–Trinajstić information content (AvgIpc) is 2.98. The summed E-state index contributed by atoms with van der Waals surface area (Å²) in [5.41, 5.74) is 2.01. The topological polar surface area (TPSA) is 86.9 Å². The van der Waals surface area contributed by atoms with Crippen molar-refractivity contribution in [2.24, 2.45) is 0 Å². The molecule has 0 unspecified atom stereocenters. The predicted octanol–water partition coefficient (Wildman–Crippen LogP) is 0.693. The first-order valence-corrected chi connectivity index (χ1v) is 8.30. The lowest BCUT2D eigenvalue weighted by molar-refractivity contribution is 0.581. The van der Waals surface area contributed by atoms with Crippen molar-refractivity contribution in [3.05, 3.63) is 48.0 Å². The van der Waals surface area contributed by atoms with E-state index in [1.807, 2.05) is 19.2 Å². The SMILES string of the molecule is CNCCc1ccc(S(=O)(=O)NCCc2cnc[nH]2)cc1. The molecule has 0 amide bonds. The van der Waals surface area contributed by atoms with E-state index in [1.165, 1.54) is 0 Å². The fourth-order valence-electron chi connectivity index (χ4n) is 1.93. The lowest BCUT2D eigenvalue weighted by Crippen LogP contribution is -2.26. The Morgan fingerprint density at radius 3 is 2.52 bits per heavy atom. The molecule has 3 N–H and O–H groups in total. The van der Waals surface area contributed by atoms with Crippen LogP contribution in [0.5, 0.6) is 0 Å². The van der Waals surface area contributed by atoms with Crippen LogP contribution in [0, 0.1) is 0 Å². The Kier molecular flexibility index (Phi) is 5.49. The second-order valence-corrected chi connectivity index (χ2v) is 6.49. The Balaban J connectivity index is 1.92. The lowest BCUT2D eigenvalue weighted by atomic mass is 10.1. The largest absolute Gasteiger partial charge is 0.348 e. The fraction of sp³-hybridized carbons (Fsp3) is 0.357. The maximum Gasteiger partial charge on any atom is 0.240 e. The van der Waals surface area contributed by atoms with Crippen LogP contribution in [0.15, 0.2) is 41.7 Å². The summed E-state index contributed by atoms with van der Waals surface area (Å²) in [5.74, 6) is 0. The minimum absolute atomic E-state index is 0.292. The monoisotopic (exact) mass is 308 g/mol. The summed E-state index contributed by atoms with van der Waals surface area (Å²) in [6, 6.07) is 6.98. The molecule has 1 aromatic heterocycles. The highest BCUT2D eigenvalue weighted by Gasteiger charge is 2.13. The Hall–Kier alpha value is -1.70. The molecule has 0 saturated carbocycles. The number of benzene rings is 1. The molecule has 7 heteroatoms. The smallest absolute Gasteiger partial charge is 0.240 e. The molecule has 2 rings (SSSR count). The van der Waals surface area contributed by atoms with Crippen molar-refractivity contribution >= 4 is 10.0 Å². The Labute approximate surface area is 125 Å². The predicted molar refractivity (Wildman–Crippen MR) is 81.6 cm³/mol. The average molecular weight is 308 g/mol. The molecular formula is C14H20N4O2S. The number of imidazole rings is 1. The minimum atomic E-state index is -3.45. The third-order valence-corrected chi connectivity index (χ3v) is 4.62. The van der Waals surface area contributed by atoms with Gasteiger partial charge in [0, 0.05) is 24.9 Å². The number of aromatic nitrogens is 2. The van der Waals surface area contributed by atoms with Crippen molar-refractivity contribution in [1.29, 1.82) is 0 Å². The molecule has 0 aliphatic rings. The molecule has 1 heterocycles. The number of likely N-dealkylation sites (N-methyl/N-ethyl adjacent to an activating group) is 1. The lowest BCUT2D eigenvalue weighted by Gasteiger charge is -2.07. The van der Waals surface area contributed by atoms with Crippen molar-refractivity contribution in [2.45, 2.75) is 17.7 Å². The van der Waals surface area contributed by atoms with Crippen molar-refractivity contribution in [3.8, 4) is 0 Å². The van der Waals surface area contributed by atoms with Gasteiger partial charge in [0.05, 0.1) is 11.2 Å². The van der Waals surface area contributed by atoms with Crippen LogP contribution < -0.4 is 10.0 Å². The van der Waals surface area contributed by atoms with Gasteiger partial charge in [-0.05, 0) is 37.7 Å². The van der Waals surface area contributed by atoms with Gasteiger partial charge in [-0.3, -0.25) is 0 Å². The number of aromatic amines is 1. The summed E-state index contributed by atoms with van der Waals surface area (Å²) in [4.78, 5) is 7.12.